The number of carbonyl (C=O) groups is 1. The topological polar surface area (TPSA) is 57.7 Å². The number of rotatable bonds is 6. The number of ether oxygens (including phenoxy) is 1. The maximum absolute atomic E-state index is 12.7. The number of alkyl halides is 3. The van der Waals surface area contributed by atoms with Gasteiger partial charge < -0.3 is 19.9 Å². The molecule has 1 atom stereocenters. The van der Waals surface area contributed by atoms with E-state index < -0.39 is 6.36 Å². The number of anilines is 2. The van der Waals surface area contributed by atoms with Gasteiger partial charge in [0.25, 0.3) is 0 Å². The van der Waals surface area contributed by atoms with Crippen molar-refractivity contribution in [2.24, 2.45) is 5.92 Å². The Morgan fingerprint density at radius 1 is 1.12 bits per heavy atom. The van der Waals surface area contributed by atoms with E-state index in [0.29, 0.717) is 18.7 Å². The normalized spacial score (nSPS) is 19.4. The Balaban J connectivity index is 1.31. The van der Waals surface area contributed by atoms with Gasteiger partial charge in [-0.3, -0.25) is 4.79 Å². The smallest absolute Gasteiger partial charge is 0.406 e. The molecule has 9 heteroatoms. The Labute approximate surface area is 198 Å². The van der Waals surface area contributed by atoms with Crippen LogP contribution in [0.5, 0.6) is 5.75 Å². The quantitative estimate of drug-likeness (QED) is 0.650. The van der Waals surface area contributed by atoms with E-state index in [1.54, 1.807) is 4.90 Å². The zero-order valence-electron chi connectivity index (χ0n) is 19.6. The standard InChI is InChI=1S/C25H31F3N4O2/c1-17-7-10-31(11-8-17)21-13-18(2)29-23(15-21)30-20-9-12-32(16-20)24(33)14-19-3-5-22(6-4-19)34-25(26,27)28/h3-6,13,15,17,20H,7-12,14,16H2,1-2H3,(H,29,30)/t20-/m0/s1. The lowest BCUT2D eigenvalue weighted by atomic mass is 9.99. The van der Waals surface area contributed by atoms with Crippen LogP contribution in [0.1, 0.15) is 37.4 Å². The molecule has 1 aromatic carbocycles. The van der Waals surface area contributed by atoms with Crippen molar-refractivity contribution in [3.63, 3.8) is 0 Å². The number of amides is 1. The molecule has 2 fully saturated rings. The fourth-order valence-corrected chi connectivity index (χ4v) is 4.58. The van der Waals surface area contributed by atoms with E-state index in [9.17, 15) is 18.0 Å². The second kappa shape index (κ2) is 10.1. The van der Waals surface area contributed by atoms with Crippen LogP contribution < -0.4 is 15.0 Å². The minimum absolute atomic E-state index is 0.0471. The molecule has 6 nitrogen and oxygen atoms in total. The van der Waals surface area contributed by atoms with Crippen molar-refractivity contribution in [1.82, 2.24) is 9.88 Å². The average Bonchev–Trinajstić information content (AvgIpc) is 3.23. The fourth-order valence-electron chi connectivity index (χ4n) is 4.58. The number of nitrogens with zero attached hydrogens (tertiary/aromatic N) is 3. The zero-order valence-corrected chi connectivity index (χ0v) is 19.6. The number of nitrogens with one attached hydrogen (secondary N) is 1. The van der Waals surface area contributed by atoms with Gasteiger partial charge in [0.15, 0.2) is 0 Å². The Morgan fingerprint density at radius 3 is 2.50 bits per heavy atom. The molecule has 184 valence electrons. The number of likely N-dealkylation sites (tertiary alicyclic amines) is 1. The first-order chi connectivity index (χ1) is 16.1. The molecule has 2 aliphatic heterocycles. The summed E-state index contributed by atoms with van der Waals surface area (Å²) >= 11 is 0. The highest BCUT2D eigenvalue weighted by atomic mass is 19.4. The third-order valence-corrected chi connectivity index (χ3v) is 6.49. The van der Waals surface area contributed by atoms with Crippen molar-refractivity contribution in [2.45, 2.75) is 51.9 Å². The van der Waals surface area contributed by atoms with Gasteiger partial charge in [-0.25, -0.2) is 4.98 Å². The van der Waals surface area contributed by atoms with Crippen LogP contribution in [0.4, 0.5) is 24.7 Å². The van der Waals surface area contributed by atoms with Crippen molar-refractivity contribution in [2.75, 3.05) is 36.4 Å². The Hall–Kier alpha value is -2.97. The number of piperidine rings is 1. The van der Waals surface area contributed by atoms with Gasteiger partial charge in [-0.15, -0.1) is 13.2 Å². The third kappa shape index (κ3) is 6.55. The van der Waals surface area contributed by atoms with Crippen molar-refractivity contribution in [3.05, 3.63) is 47.7 Å². The number of pyridine rings is 1. The first kappa shape index (κ1) is 24.2. The van der Waals surface area contributed by atoms with Crippen LogP contribution in [-0.4, -0.2) is 54.4 Å². The molecule has 2 aromatic rings. The van der Waals surface area contributed by atoms with Crippen molar-refractivity contribution >= 4 is 17.4 Å². The van der Waals surface area contributed by atoms with Gasteiger partial charge in [0.2, 0.25) is 5.91 Å². The molecule has 0 unspecified atom stereocenters. The first-order valence-corrected chi connectivity index (χ1v) is 11.8. The number of aromatic nitrogens is 1. The number of carbonyl (C=O) groups excluding carboxylic acids is 1. The molecule has 0 radical (unpaired) electrons. The highest BCUT2D eigenvalue weighted by molar-refractivity contribution is 5.79. The maximum atomic E-state index is 12.7. The summed E-state index contributed by atoms with van der Waals surface area (Å²) in [6.45, 7) is 7.61. The van der Waals surface area contributed by atoms with Gasteiger partial charge in [-0.05, 0) is 55.9 Å². The van der Waals surface area contributed by atoms with Crippen LogP contribution in [0, 0.1) is 12.8 Å². The molecule has 0 aliphatic carbocycles. The summed E-state index contributed by atoms with van der Waals surface area (Å²) in [4.78, 5) is 21.6. The van der Waals surface area contributed by atoms with E-state index in [0.717, 1.165) is 36.9 Å². The summed E-state index contributed by atoms with van der Waals surface area (Å²) in [7, 11) is 0. The van der Waals surface area contributed by atoms with Crippen LogP contribution in [-0.2, 0) is 11.2 Å². The lowest BCUT2D eigenvalue weighted by Gasteiger charge is -2.32. The lowest BCUT2D eigenvalue weighted by Crippen LogP contribution is -2.33. The Kier molecular flexibility index (Phi) is 7.19. The molecule has 1 aromatic heterocycles. The molecule has 34 heavy (non-hydrogen) atoms. The van der Waals surface area contributed by atoms with Crippen LogP contribution in [0.2, 0.25) is 0 Å². The predicted octanol–water partition coefficient (Wildman–Crippen LogP) is 4.78. The highest BCUT2D eigenvalue weighted by Crippen LogP contribution is 2.27. The monoisotopic (exact) mass is 476 g/mol. The van der Waals surface area contributed by atoms with Gasteiger partial charge >= 0.3 is 6.36 Å². The summed E-state index contributed by atoms with van der Waals surface area (Å²) in [5, 5.41) is 3.49. The van der Waals surface area contributed by atoms with Crippen LogP contribution in [0.25, 0.3) is 0 Å². The van der Waals surface area contributed by atoms with Gasteiger partial charge in [0.05, 0.1) is 6.42 Å². The van der Waals surface area contributed by atoms with Crippen LogP contribution in [0.3, 0.4) is 0 Å². The number of hydrogen-bond acceptors (Lipinski definition) is 5. The van der Waals surface area contributed by atoms with Gasteiger partial charge in [0, 0.05) is 49.7 Å². The number of hydrogen-bond donors (Lipinski definition) is 1. The molecule has 2 saturated heterocycles. The van der Waals surface area contributed by atoms with E-state index >= 15 is 0 Å². The molecular weight excluding hydrogens is 445 g/mol. The Bertz CT molecular complexity index is 989. The fraction of sp³-hybridized carbons (Fsp3) is 0.520. The summed E-state index contributed by atoms with van der Waals surface area (Å²) in [5.41, 5.74) is 2.80. The molecule has 1 N–H and O–H groups in total. The second-order valence-electron chi connectivity index (χ2n) is 9.36. The van der Waals surface area contributed by atoms with Crippen LogP contribution in [0.15, 0.2) is 36.4 Å². The van der Waals surface area contributed by atoms with Gasteiger partial charge in [-0.2, -0.15) is 0 Å². The van der Waals surface area contributed by atoms with E-state index in [1.807, 2.05) is 6.92 Å². The van der Waals surface area contributed by atoms with E-state index in [2.05, 4.69) is 39.0 Å². The second-order valence-corrected chi connectivity index (χ2v) is 9.36. The highest BCUT2D eigenvalue weighted by Gasteiger charge is 2.31. The third-order valence-electron chi connectivity index (χ3n) is 6.49. The predicted molar refractivity (Wildman–Crippen MR) is 125 cm³/mol. The van der Waals surface area contributed by atoms with Crippen molar-refractivity contribution in [3.8, 4) is 5.75 Å². The van der Waals surface area contributed by atoms with Crippen molar-refractivity contribution in [1.29, 1.82) is 0 Å². The lowest BCUT2D eigenvalue weighted by molar-refractivity contribution is -0.274. The van der Waals surface area contributed by atoms with Crippen molar-refractivity contribution < 1.29 is 22.7 Å². The SMILES string of the molecule is Cc1cc(N2CCC(C)CC2)cc(N[C@H]2CCN(C(=O)Cc3ccc(OC(F)(F)F)cc3)C2)n1. The van der Waals surface area contributed by atoms with Crippen LogP contribution >= 0.6 is 0 Å². The maximum Gasteiger partial charge on any atom is 0.573 e. The molecule has 1 amide bonds. The van der Waals surface area contributed by atoms with Gasteiger partial charge in [-0.1, -0.05) is 19.1 Å². The minimum Gasteiger partial charge on any atom is -0.406 e. The number of halogens is 3. The van der Waals surface area contributed by atoms with E-state index in [1.165, 1.54) is 42.8 Å². The Morgan fingerprint density at radius 2 is 1.82 bits per heavy atom. The van der Waals surface area contributed by atoms with E-state index in [-0.39, 0.29) is 24.1 Å². The molecule has 0 saturated carbocycles. The summed E-state index contributed by atoms with van der Waals surface area (Å²) in [6, 6.07) is 9.77. The van der Waals surface area contributed by atoms with Gasteiger partial charge in [0.1, 0.15) is 11.6 Å². The molecule has 0 bridgehead atoms. The molecular formula is C25H31F3N4O2. The summed E-state index contributed by atoms with van der Waals surface area (Å²) < 4.78 is 40.8. The molecule has 0 spiro atoms. The summed E-state index contributed by atoms with van der Waals surface area (Å²) in [6.07, 6.45) is -1.38. The average molecular weight is 477 g/mol. The molecule has 4 rings (SSSR count). The van der Waals surface area contributed by atoms with E-state index in [4.69, 9.17) is 0 Å². The first-order valence-electron chi connectivity index (χ1n) is 11.8. The number of benzene rings is 1. The minimum atomic E-state index is -4.73. The number of aryl methyl sites for hydroxylation is 1. The molecule has 2 aliphatic rings. The molecule has 3 heterocycles. The summed E-state index contributed by atoms with van der Waals surface area (Å²) in [5.74, 6) is 1.26. The zero-order chi connectivity index (χ0) is 24.3. The largest absolute Gasteiger partial charge is 0.573 e.